The molecule has 1 N–H and O–H groups in total. The normalized spacial score (nSPS) is 15.7. The third-order valence-corrected chi connectivity index (χ3v) is 3.77. The highest BCUT2D eigenvalue weighted by atomic mass is 32.1. The molecular formula is C13H11BO2S. The van der Waals surface area contributed by atoms with E-state index in [0.29, 0.717) is 6.61 Å². The standard InChI is InChI=1S/C13H11BO2S/c15-14-13(12-7-4-8-17-12)11(9-16-14)10-5-2-1-3-6-10/h1-8,15H,9H2. The van der Waals surface area contributed by atoms with Gasteiger partial charge in [0.05, 0.1) is 6.61 Å². The molecule has 0 aliphatic carbocycles. The fourth-order valence-corrected chi connectivity index (χ4v) is 2.86. The molecule has 0 bridgehead atoms. The highest BCUT2D eigenvalue weighted by Crippen LogP contribution is 2.35. The first-order chi connectivity index (χ1) is 8.36. The smallest absolute Gasteiger partial charge is 0.423 e. The Kier molecular flexibility index (Phi) is 2.85. The van der Waals surface area contributed by atoms with Gasteiger partial charge in [-0.25, -0.2) is 0 Å². The van der Waals surface area contributed by atoms with Crippen molar-refractivity contribution in [1.29, 1.82) is 0 Å². The highest BCUT2D eigenvalue weighted by Gasteiger charge is 2.32. The van der Waals surface area contributed by atoms with Gasteiger partial charge in [0, 0.05) is 10.3 Å². The Hall–Kier alpha value is -1.36. The molecule has 0 amide bonds. The van der Waals surface area contributed by atoms with E-state index in [1.807, 2.05) is 47.8 Å². The molecule has 4 heteroatoms. The second kappa shape index (κ2) is 4.49. The molecular weight excluding hydrogens is 231 g/mol. The molecule has 0 radical (unpaired) electrons. The van der Waals surface area contributed by atoms with Crippen LogP contribution in [0.15, 0.2) is 47.8 Å². The lowest BCUT2D eigenvalue weighted by molar-refractivity contribution is 0.320. The molecule has 84 valence electrons. The van der Waals surface area contributed by atoms with Gasteiger partial charge in [-0.1, -0.05) is 36.4 Å². The lowest BCUT2D eigenvalue weighted by atomic mass is 9.76. The average Bonchev–Trinajstić information content (AvgIpc) is 2.99. The van der Waals surface area contributed by atoms with Crippen molar-refractivity contribution < 1.29 is 9.68 Å². The van der Waals surface area contributed by atoms with E-state index in [-0.39, 0.29) is 0 Å². The number of rotatable bonds is 2. The average molecular weight is 242 g/mol. The minimum absolute atomic E-state index is 0.471. The van der Waals surface area contributed by atoms with E-state index < -0.39 is 7.12 Å². The zero-order valence-electron chi connectivity index (χ0n) is 9.17. The van der Waals surface area contributed by atoms with Crippen LogP contribution in [0.4, 0.5) is 0 Å². The van der Waals surface area contributed by atoms with Gasteiger partial charge >= 0.3 is 7.12 Å². The Morgan fingerprint density at radius 1 is 1.12 bits per heavy atom. The van der Waals surface area contributed by atoms with Gasteiger partial charge in [0.2, 0.25) is 0 Å². The van der Waals surface area contributed by atoms with Crippen LogP contribution in [0.5, 0.6) is 0 Å². The summed E-state index contributed by atoms with van der Waals surface area (Å²) in [5.41, 5.74) is 3.11. The summed E-state index contributed by atoms with van der Waals surface area (Å²) < 4.78 is 5.34. The summed E-state index contributed by atoms with van der Waals surface area (Å²) in [7, 11) is -0.802. The molecule has 2 nitrogen and oxygen atoms in total. The van der Waals surface area contributed by atoms with Crippen LogP contribution < -0.4 is 0 Å². The molecule has 2 heterocycles. The largest absolute Gasteiger partial charge is 0.493 e. The topological polar surface area (TPSA) is 29.5 Å². The van der Waals surface area contributed by atoms with Crippen LogP contribution in [0.2, 0.25) is 0 Å². The second-order valence-corrected chi connectivity index (χ2v) is 4.85. The Morgan fingerprint density at radius 3 is 2.65 bits per heavy atom. The molecule has 0 saturated carbocycles. The Morgan fingerprint density at radius 2 is 1.94 bits per heavy atom. The lowest BCUT2D eigenvalue weighted by Crippen LogP contribution is -2.13. The number of hydrogen-bond donors (Lipinski definition) is 1. The Bertz CT molecular complexity index is 534. The lowest BCUT2D eigenvalue weighted by Gasteiger charge is -2.04. The molecule has 1 aromatic heterocycles. The predicted molar refractivity (Wildman–Crippen MR) is 71.5 cm³/mol. The Balaban J connectivity index is 2.12. The van der Waals surface area contributed by atoms with Crippen LogP contribution in [0.25, 0.3) is 11.0 Å². The molecule has 3 rings (SSSR count). The van der Waals surface area contributed by atoms with Gasteiger partial charge in [-0.2, -0.15) is 0 Å². The summed E-state index contributed by atoms with van der Waals surface area (Å²) in [6.07, 6.45) is 0. The number of thiophene rings is 1. The summed E-state index contributed by atoms with van der Waals surface area (Å²) >= 11 is 1.62. The molecule has 1 aliphatic rings. The first kappa shape index (κ1) is 10.8. The van der Waals surface area contributed by atoms with Crippen LogP contribution in [-0.4, -0.2) is 18.7 Å². The van der Waals surface area contributed by atoms with Crippen molar-refractivity contribution in [2.24, 2.45) is 0 Å². The molecule has 0 atom stereocenters. The molecule has 0 unspecified atom stereocenters. The van der Waals surface area contributed by atoms with Crippen molar-refractivity contribution in [3.63, 3.8) is 0 Å². The van der Waals surface area contributed by atoms with E-state index in [4.69, 9.17) is 4.65 Å². The van der Waals surface area contributed by atoms with Gasteiger partial charge < -0.3 is 9.68 Å². The van der Waals surface area contributed by atoms with Gasteiger partial charge in [0.15, 0.2) is 0 Å². The maximum Gasteiger partial charge on any atom is 0.493 e. The first-order valence-electron chi connectivity index (χ1n) is 5.48. The summed E-state index contributed by atoms with van der Waals surface area (Å²) in [5.74, 6) is 0. The van der Waals surface area contributed by atoms with Gasteiger partial charge in [0.25, 0.3) is 0 Å². The van der Waals surface area contributed by atoms with Gasteiger partial charge in [-0.3, -0.25) is 0 Å². The highest BCUT2D eigenvalue weighted by molar-refractivity contribution is 7.12. The Labute approximate surface area is 104 Å². The quantitative estimate of drug-likeness (QED) is 0.820. The predicted octanol–water partition coefficient (Wildman–Crippen LogP) is 2.71. The molecule has 0 fully saturated rings. The van der Waals surface area contributed by atoms with Crippen LogP contribution >= 0.6 is 11.3 Å². The van der Waals surface area contributed by atoms with Crippen molar-refractivity contribution in [3.8, 4) is 0 Å². The van der Waals surface area contributed by atoms with Crippen molar-refractivity contribution in [2.45, 2.75) is 0 Å². The van der Waals surface area contributed by atoms with Crippen LogP contribution in [0.3, 0.4) is 0 Å². The molecule has 2 aromatic rings. The molecule has 1 aliphatic heterocycles. The first-order valence-corrected chi connectivity index (χ1v) is 6.36. The van der Waals surface area contributed by atoms with Gasteiger partial charge in [-0.05, 0) is 22.6 Å². The van der Waals surface area contributed by atoms with Crippen LogP contribution in [-0.2, 0) is 4.65 Å². The summed E-state index contributed by atoms with van der Waals surface area (Å²) in [6, 6.07) is 14.1. The maximum absolute atomic E-state index is 9.92. The summed E-state index contributed by atoms with van der Waals surface area (Å²) in [4.78, 5) is 1.08. The number of hydrogen-bond acceptors (Lipinski definition) is 3. The van der Waals surface area contributed by atoms with Crippen molar-refractivity contribution in [3.05, 3.63) is 58.3 Å². The van der Waals surface area contributed by atoms with E-state index in [1.165, 1.54) is 0 Å². The van der Waals surface area contributed by atoms with E-state index >= 15 is 0 Å². The fourth-order valence-electron chi connectivity index (χ4n) is 2.05. The fraction of sp³-hybridized carbons (Fsp3) is 0.0769. The van der Waals surface area contributed by atoms with Gasteiger partial charge in [0.1, 0.15) is 0 Å². The third kappa shape index (κ3) is 1.95. The van der Waals surface area contributed by atoms with E-state index in [1.54, 1.807) is 11.3 Å². The van der Waals surface area contributed by atoms with Crippen molar-refractivity contribution in [1.82, 2.24) is 0 Å². The minimum Gasteiger partial charge on any atom is -0.423 e. The zero-order valence-corrected chi connectivity index (χ0v) is 9.98. The van der Waals surface area contributed by atoms with E-state index in [9.17, 15) is 5.02 Å². The molecule has 17 heavy (non-hydrogen) atoms. The van der Waals surface area contributed by atoms with Crippen molar-refractivity contribution >= 4 is 29.5 Å². The molecule has 1 aromatic carbocycles. The van der Waals surface area contributed by atoms with E-state index in [2.05, 4.69) is 0 Å². The van der Waals surface area contributed by atoms with E-state index in [0.717, 1.165) is 21.5 Å². The van der Waals surface area contributed by atoms with Crippen LogP contribution in [0, 0.1) is 0 Å². The molecule has 0 saturated heterocycles. The zero-order chi connectivity index (χ0) is 11.7. The third-order valence-electron chi connectivity index (χ3n) is 2.87. The maximum atomic E-state index is 9.92. The van der Waals surface area contributed by atoms with Crippen LogP contribution in [0.1, 0.15) is 10.4 Å². The molecule has 0 spiro atoms. The summed E-state index contributed by atoms with van der Waals surface area (Å²) in [6.45, 7) is 0.471. The van der Waals surface area contributed by atoms with Gasteiger partial charge in [-0.15, -0.1) is 11.3 Å². The minimum atomic E-state index is -0.802. The summed E-state index contributed by atoms with van der Waals surface area (Å²) in [5, 5.41) is 11.9. The monoisotopic (exact) mass is 242 g/mol. The SMILES string of the molecule is OB1OCC(c2ccccc2)=C1c1cccs1. The second-order valence-electron chi connectivity index (χ2n) is 3.90. The van der Waals surface area contributed by atoms with Crippen molar-refractivity contribution in [2.75, 3.05) is 6.61 Å². The number of benzene rings is 1.